The SMILES string of the molecule is Cn1c(CC(O)C2CCCCC2)nc2ccccc21. The van der Waals surface area contributed by atoms with Crippen molar-refractivity contribution in [3.05, 3.63) is 30.1 Å². The molecule has 3 rings (SSSR count). The molecule has 3 nitrogen and oxygen atoms in total. The van der Waals surface area contributed by atoms with Crippen molar-refractivity contribution in [3.8, 4) is 0 Å². The first kappa shape index (κ1) is 12.7. The van der Waals surface area contributed by atoms with Crippen molar-refractivity contribution < 1.29 is 5.11 Å². The summed E-state index contributed by atoms with van der Waals surface area (Å²) in [7, 11) is 2.04. The largest absolute Gasteiger partial charge is 0.392 e. The molecule has 1 aromatic heterocycles. The average molecular weight is 258 g/mol. The Balaban J connectivity index is 1.78. The van der Waals surface area contributed by atoms with Gasteiger partial charge in [0.05, 0.1) is 17.1 Å². The van der Waals surface area contributed by atoms with Crippen molar-refractivity contribution in [2.45, 2.75) is 44.6 Å². The second-order valence-corrected chi connectivity index (χ2v) is 5.75. The Morgan fingerprint density at radius 2 is 2.00 bits per heavy atom. The van der Waals surface area contributed by atoms with Crippen molar-refractivity contribution >= 4 is 11.0 Å². The zero-order valence-electron chi connectivity index (χ0n) is 11.5. The third kappa shape index (κ3) is 2.52. The molecule has 3 heteroatoms. The second kappa shape index (κ2) is 5.33. The number of aliphatic hydroxyl groups excluding tert-OH is 1. The van der Waals surface area contributed by atoms with Gasteiger partial charge in [0.2, 0.25) is 0 Å². The van der Waals surface area contributed by atoms with Crippen LogP contribution in [0.15, 0.2) is 24.3 Å². The molecule has 1 heterocycles. The molecule has 2 aromatic rings. The third-order valence-electron chi connectivity index (χ3n) is 4.47. The summed E-state index contributed by atoms with van der Waals surface area (Å²) in [5.41, 5.74) is 2.17. The van der Waals surface area contributed by atoms with E-state index in [1.165, 1.54) is 32.1 Å². The van der Waals surface area contributed by atoms with Gasteiger partial charge in [-0.1, -0.05) is 31.4 Å². The molecule has 0 spiro atoms. The molecule has 0 saturated heterocycles. The number of aliphatic hydroxyl groups is 1. The molecule has 0 radical (unpaired) electrons. The number of aryl methyl sites for hydroxylation is 1. The van der Waals surface area contributed by atoms with Crippen molar-refractivity contribution in [2.75, 3.05) is 0 Å². The lowest BCUT2D eigenvalue weighted by atomic mass is 9.84. The Hall–Kier alpha value is -1.35. The molecule has 1 saturated carbocycles. The first-order chi connectivity index (χ1) is 9.25. The summed E-state index contributed by atoms with van der Waals surface area (Å²) in [6.45, 7) is 0. The Labute approximate surface area is 114 Å². The Morgan fingerprint density at radius 1 is 1.26 bits per heavy atom. The summed E-state index contributed by atoms with van der Waals surface area (Å²) >= 11 is 0. The van der Waals surface area contributed by atoms with Crippen LogP contribution in [0.4, 0.5) is 0 Å². The van der Waals surface area contributed by atoms with E-state index < -0.39 is 0 Å². The van der Waals surface area contributed by atoms with Gasteiger partial charge in [-0.15, -0.1) is 0 Å². The minimum Gasteiger partial charge on any atom is -0.392 e. The third-order valence-corrected chi connectivity index (χ3v) is 4.47. The number of imidazole rings is 1. The maximum atomic E-state index is 10.4. The molecule has 1 aliphatic rings. The smallest absolute Gasteiger partial charge is 0.112 e. The van der Waals surface area contributed by atoms with E-state index in [0.717, 1.165) is 16.9 Å². The van der Waals surface area contributed by atoms with Gasteiger partial charge in [0.1, 0.15) is 5.82 Å². The van der Waals surface area contributed by atoms with E-state index >= 15 is 0 Å². The summed E-state index contributed by atoms with van der Waals surface area (Å²) in [6.07, 6.45) is 6.65. The summed E-state index contributed by atoms with van der Waals surface area (Å²) < 4.78 is 2.11. The Morgan fingerprint density at radius 3 is 2.74 bits per heavy atom. The fourth-order valence-corrected chi connectivity index (χ4v) is 3.25. The van der Waals surface area contributed by atoms with E-state index in [1.807, 2.05) is 25.2 Å². The standard InChI is InChI=1S/C16H22N2O/c1-18-14-10-6-5-9-13(14)17-16(18)11-15(19)12-7-3-2-4-8-12/h5-6,9-10,12,15,19H,2-4,7-8,11H2,1H3. The van der Waals surface area contributed by atoms with Crippen molar-refractivity contribution in [3.63, 3.8) is 0 Å². The van der Waals surface area contributed by atoms with Gasteiger partial charge in [-0.3, -0.25) is 0 Å². The van der Waals surface area contributed by atoms with E-state index in [1.54, 1.807) is 0 Å². The molecule has 1 aliphatic carbocycles. The monoisotopic (exact) mass is 258 g/mol. The number of para-hydroxylation sites is 2. The quantitative estimate of drug-likeness (QED) is 0.919. The van der Waals surface area contributed by atoms with E-state index in [4.69, 9.17) is 0 Å². The number of nitrogens with zero attached hydrogens (tertiary/aromatic N) is 2. The van der Waals surface area contributed by atoms with Crippen LogP contribution in [0.25, 0.3) is 11.0 Å². The average Bonchev–Trinajstić information content (AvgIpc) is 2.77. The number of rotatable bonds is 3. The van der Waals surface area contributed by atoms with Gasteiger partial charge in [-0.05, 0) is 30.9 Å². The molecule has 1 N–H and O–H groups in total. The van der Waals surface area contributed by atoms with Crippen LogP contribution in [-0.2, 0) is 13.5 Å². The zero-order chi connectivity index (χ0) is 13.2. The maximum Gasteiger partial charge on any atom is 0.112 e. The normalized spacial score (nSPS) is 18.8. The topological polar surface area (TPSA) is 38.0 Å². The molecular weight excluding hydrogens is 236 g/mol. The van der Waals surface area contributed by atoms with Crippen molar-refractivity contribution in [2.24, 2.45) is 13.0 Å². The predicted molar refractivity (Wildman–Crippen MR) is 77.0 cm³/mol. The lowest BCUT2D eigenvalue weighted by Gasteiger charge is -2.26. The van der Waals surface area contributed by atoms with Gasteiger partial charge in [-0.2, -0.15) is 0 Å². The molecule has 1 atom stereocenters. The second-order valence-electron chi connectivity index (χ2n) is 5.75. The Kier molecular flexibility index (Phi) is 3.56. The highest BCUT2D eigenvalue weighted by Gasteiger charge is 2.23. The number of aromatic nitrogens is 2. The summed E-state index contributed by atoms with van der Waals surface area (Å²) in [4.78, 5) is 4.65. The van der Waals surface area contributed by atoms with Crippen LogP contribution in [0.5, 0.6) is 0 Å². The number of hydrogen-bond donors (Lipinski definition) is 1. The number of fused-ring (bicyclic) bond motifs is 1. The fourth-order valence-electron chi connectivity index (χ4n) is 3.25. The molecule has 102 valence electrons. The molecule has 1 unspecified atom stereocenters. The van der Waals surface area contributed by atoms with Crippen LogP contribution in [0.3, 0.4) is 0 Å². The van der Waals surface area contributed by atoms with E-state index in [0.29, 0.717) is 12.3 Å². The van der Waals surface area contributed by atoms with E-state index in [2.05, 4.69) is 15.6 Å². The van der Waals surface area contributed by atoms with Gasteiger partial charge in [0.15, 0.2) is 0 Å². The molecule has 19 heavy (non-hydrogen) atoms. The lowest BCUT2D eigenvalue weighted by molar-refractivity contribution is 0.0829. The fraction of sp³-hybridized carbons (Fsp3) is 0.562. The highest BCUT2D eigenvalue weighted by molar-refractivity contribution is 5.75. The predicted octanol–water partition coefficient (Wildman–Crippen LogP) is 3.06. The minimum atomic E-state index is -0.240. The first-order valence-corrected chi connectivity index (χ1v) is 7.34. The van der Waals surface area contributed by atoms with Crippen molar-refractivity contribution in [1.82, 2.24) is 9.55 Å². The van der Waals surface area contributed by atoms with Gasteiger partial charge < -0.3 is 9.67 Å². The highest BCUT2D eigenvalue weighted by atomic mass is 16.3. The molecular formula is C16H22N2O. The van der Waals surface area contributed by atoms with Crippen LogP contribution >= 0.6 is 0 Å². The highest BCUT2D eigenvalue weighted by Crippen LogP contribution is 2.28. The van der Waals surface area contributed by atoms with Gasteiger partial charge in [-0.25, -0.2) is 4.98 Å². The molecule has 0 aliphatic heterocycles. The molecule has 0 amide bonds. The zero-order valence-corrected chi connectivity index (χ0v) is 11.5. The van der Waals surface area contributed by atoms with Crippen LogP contribution in [-0.4, -0.2) is 20.8 Å². The maximum absolute atomic E-state index is 10.4. The number of benzene rings is 1. The number of hydrogen-bond acceptors (Lipinski definition) is 2. The summed E-state index contributed by atoms with van der Waals surface area (Å²) in [5.74, 6) is 1.47. The molecule has 1 fully saturated rings. The van der Waals surface area contributed by atoms with Crippen LogP contribution in [0.1, 0.15) is 37.9 Å². The van der Waals surface area contributed by atoms with E-state index in [9.17, 15) is 5.11 Å². The first-order valence-electron chi connectivity index (χ1n) is 7.34. The van der Waals surface area contributed by atoms with Gasteiger partial charge in [0.25, 0.3) is 0 Å². The van der Waals surface area contributed by atoms with Crippen LogP contribution < -0.4 is 0 Å². The van der Waals surface area contributed by atoms with Gasteiger partial charge in [0, 0.05) is 13.5 Å². The van der Waals surface area contributed by atoms with Crippen LogP contribution in [0.2, 0.25) is 0 Å². The summed E-state index contributed by atoms with van der Waals surface area (Å²) in [6, 6.07) is 8.16. The van der Waals surface area contributed by atoms with Crippen LogP contribution in [0, 0.1) is 5.92 Å². The molecule has 1 aromatic carbocycles. The van der Waals surface area contributed by atoms with Gasteiger partial charge >= 0.3 is 0 Å². The van der Waals surface area contributed by atoms with E-state index in [-0.39, 0.29) is 6.10 Å². The summed E-state index contributed by atoms with van der Waals surface area (Å²) in [5, 5.41) is 10.4. The lowest BCUT2D eigenvalue weighted by Crippen LogP contribution is -2.26. The Bertz CT molecular complexity index is 555. The van der Waals surface area contributed by atoms with Crippen molar-refractivity contribution in [1.29, 1.82) is 0 Å². The minimum absolute atomic E-state index is 0.240. The molecule has 0 bridgehead atoms.